The number of amides is 1. The van der Waals surface area contributed by atoms with Crippen LogP contribution in [0.15, 0.2) is 12.4 Å². The minimum Gasteiger partial charge on any atom is -0.462 e. The topological polar surface area (TPSA) is 98.5 Å². The first-order chi connectivity index (χ1) is 11.9. The molecule has 0 aliphatic carbocycles. The van der Waals surface area contributed by atoms with E-state index >= 15 is 0 Å². The molecule has 0 saturated heterocycles. The van der Waals surface area contributed by atoms with Gasteiger partial charge in [-0.2, -0.15) is 14.6 Å². The van der Waals surface area contributed by atoms with Gasteiger partial charge < -0.3 is 10.1 Å². The first kappa shape index (κ1) is 17.0. The number of hydrogen-bond acceptors (Lipinski definition) is 7. The molecule has 130 valence electrons. The van der Waals surface area contributed by atoms with Gasteiger partial charge in [0.25, 0.3) is 11.7 Å². The summed E-state index contributed by atoms with van der Waals surface area (Å²) >= 11 is 1.34. The second-order valence-electron chi connectivity index (χ2n) is 5.42. The van der Waals surface area contributed by atoms with Gasteiger partial charge in [0.2, 0.25) is 0 Å². The van der Waals surface area contributed by atoms with E-state index in [1.807, 2.05) is 13.8 Å². The Balaban J connectivity index is 2.00. The second kappa shape index (κ2) is 6.60. The van der Waals surface area contributed by atoms with Crippen molar-refractivity contribution in [3.63, 3.8) is 0 Å². The molecule has 0 aromatic carbocycles. The second-order valence-corrected chi connectivity index (χ2v) is 6.64. The SMILES string of the molecule is CCOC(=O)c1c(NC(=O)c2cc(C)nc3ncnn23)sc(C)c1C. The summed E-state index contributed by atoms with van der Waals surface area (Å²) < 4.78 is 6.47. The van der Waals surface area contributed by atoms with Gasteiger partial charge in [-0.05, 0) is 39.3 Å². The van der Waals surface area contributed by atoms with Gasteiger partial charge >= 0.3 is 5.97 Å². The fraction of sp³-hybridized carbons (Fsp3) is 0.312. The van der Waals surface area contributed by atoms with Gasteiger partial charge in [0.1, 0.15) is 17.0 Å². The van der Waals surface area contributed by atoms with Crippen LogP contribution in [0.25, 0.3) is 5.78 Å². The summed E-state index contributed by atoms with van der Waals surface area (Å²) in [5.74, 6) is -0.501. The Bertz CT molecular complexity index is 976. The van der Waals surface area contributed by atoms with Crippen LogP contribution in [0.1, 0.15) is 43.9 Å². The first-order valence-electron chi connectivity index (χ1n) is 7.68. The predicted octanol–water partition coefficient (Wildman–Crippen LogP) is 2.54. The minimum atomic E-state index is -0.448. The number of nitrogens with zero attached hydrogens (tertiary/aromatic N) is 4. The zero-order valence-electron chi connectivity index (χ0n) is 14.3. The number of rotatable bonds is 4. The number of fused-ring (bicyclic) bond motifs is 1. The average molecular weight is 359 g/mol. The summed E-state index contributed by atoms with van der Waals surface area (Å²) in [5.41, 5.74) is 2.13. The Kier molecular flexibility index (Phi) is 4.49. The largest absolute Gasteiger partial charge is 0.462 e. The van der Waals surface area contributed by atoms with Crippen molar-refractivity contribution < 1.29 is 14.3 Å². The quantitative estimate of drug-likeness (QED) is 0.719. The highest BCUT2D eigenvalue weighted by Crippen LogP contribution is 2.33. The lowest BCUT2D eigenvalue weighted by atomic mass is 10.1. The molecule has 1 N–H and O–H groups in total. The number of ether oxygens (including phenoxy) is 1. The van der Waals surface area contributed by atoms with Crippen LogP contribution in [0.4, 0.5) is 5.00 Å². The molecule has 3 heterocycles. The molecule has 3 aromatic heterocycles. The van der Waals surface area contributed by atoms with Crippen LogP contribution in [0.2, 0.25) is 0 Å². The van der Waals surface area contributed by atoms with Crippen molar-refractivity contribution in [2.75, 3.05) is 11.9 Å². The molecule has 0 spiro atoms. The van der Waals surface area contributed by atoms with Crippen molar-refractivity contribution in [2.45, 2.75) is 27.7 Å². The molecular weight excluding hydrogens is 342 g/mol. The molecule has 3 aromatic rings. The molecule has 25 heavy (non-hydrogen) atoms. The van der Waals surface area contributed by atoms with Crippen molar-refractivity contribution in [2.24, 2.45) is 0 Å². The van der Waals surface area contributed by atoms with Crippen LogP contribution < -0.4 is 5.32 Å². The summed E-state index contributed by atoms with van der Waals surface area (Å²) in [7, 11) is 0. The van der Waals surface area contributed by atoms with Crippen LogP contribution in [-0.4, -0.2) is 38.1 Å². The highest BCUT2D eigenvalue weighted by molar-refractivity contribution is 7.16. The zero-order valence-corrected chi connectivity index (χ0v) is 15.1. The van der Waals surface area contributed by atoms with Gasteiger partial charge in [-0.15, -0.1) is 11.3 Å². The molecule has 0 aliphatic rings. The van der Waals surface area contributed by atoms with E-state index < -0.39 is 11.9 Å². The van der Waals surface area contributed by atoms with Crippen molar-refractivity contribution in [3.8, 4) is 0 Å². The molecule has 3 rings (SSSR count). The van der Waals surface area contributed by atoms with Crippen molar-refractivity contribution in [3.05, 3.63) is 39.8 Å². The molecule has 0 radical (unpaired) electrons. The molecule has 0 saturated carbocycles. The van der Waals surface area contributed by atoms with E-state index in [9.17, 15) is 9.59 Å². The number of anilines is 1. The number of nitrogens with one attached hydrogen (secondary N) is 1. The summed E-state index contributed by atoms with van der Waals surface area (Å²) in [6, 6.07) is 1.62. The van der Waals surface area contributed by atoms with E-state index in [1.165, 1.54) is 22.2 Å². The Labute approximate surface area is 147 Å². The van der Waals surface area contributed by atoms with Gasteiger partial charge in [-0.3, -0.25) is 4.79 Å². The van der Waals surface area contributed by atoms with Gasteiger partial charge in [0.15, 0.2) is 0 Å². The third-order valence-corrected chi connectivity index (χ3v) is 4.83. The maximum Gasteiger partial charge on any atom is 0.341 e. The van der Waals surface area contributed by atoms with Gasteiger partial charge in [-0.25, -0.2) is 9.78 Å². The lowest BCUT2D eigenvalue weighted by molar-refractivity contribution is 0.0527. The van der Waals surface area contributed by atoms with Crippen molar-refractivity contribution in [1.29, 1.82) is 0 Å². The number of aromatic nitrogens is 4. The molecule has 0 aliphatic heterocycles. The summed E-state index contributed by atoms with van der Waals surface area (Å²) in [6.07, 6.45) is 1.34. The average Bonchev–Trinajstić information content (AvgIpc) is 3.11. The lowest BCUT2D eigenvalue weighted by Crippen LogP contribution is -2.19. The highest BCUT2D eigenvalue weighted by Gasteiger charge is 2.23. The fourth-order valence-corrected chi connectivity index (χ4v) is 3.47. The molecule has 8 nitrogen and oxygen atoms in total. The fourth-order valence-electron chi connectivity index (χ4n) is 2.42. The predicted molar refractivity (Wildman–Crippen MR) is 93.2 cm³/mol. The monoisotopic (exact) mass is 359 g/mol. The van der Waals surface area contributed by atoms with E-state index in [1.54, 1.807) is 19.9 Å². The number of carbonyl (C=O) groups is 2. The maximum atomic E-state index is 12.8. The number of carbonyl (C=O) groups excluding carboxylic acids is 2. The number of aryl methyl sites for hydroxylation is 2. The molecule has 0 fully saturated rings. The third kappa shape index (κ3) is 3.10. The smallest absolute Gasteiger partial charge is 0.341 e. The van der Waals surface area contributed by atoms with Gasteiger partial charge in [0.05, 0.1) is 12.2 Å². The molecule has 9 heteroatoms. The van der Waals surface area contributed by atoms with E-state index in [-0.39, 0.29) is 6.61 Å². The lowest BCUT2D eigenvalue weighted by Gasteiger charge is -2.08. The molecule has 0 atom stereocenters. The van der Waals surface area contributed by atoms with Gasteiger partial charge in [0, 0.05) is 10.6 Å². The Morgan fingerprint density at radius 1 is 1.32 bits per heavy atom. The zero-order chi connectivity index (χ0) is 18.1. The van der Waals surface area contributed by atoms with Crippen LogP contribution in [0.3, 0.4) is 0 Å². The Morgan fingerprint density at radius 3 is 2.80 bits per heavy atom. The number of hydrogen-bond donors (Lipinski definition) is 1. The van der Waals surface area contributed by atoms with E-state index in [2.05, 4.69) is 20.4 Å². The van der Waals surface area contributed by atoms with Crippen LogP contribution >= 0.6 is 11.3 Å². The number of esters is 1. The van der Waals surface area contributed by atoms with Crippen LogP contribution in [-0.2, 0) is 4.74 Å². The molecule has 0 unspecified atom stereocenters. The van der Waals surface area contributed by atoms with Crippen molar-refractivity contribution >= 4 is 34.0 Å². The molecule has 1 amide bonds. The molecular formula is C16H17N5O3S. The van der Waals surface area contributed by atoms with Crippen LogP contribution in [0.5, 0.6) is 0 Å². The Hall–Kier alpha value is -2.81. The Morgan fingerprint density at radius 2 is 2.08 bits per heavy atom. The summed E-state index contributed by atoms with van der Waals surface area (Å²) in [6.45, 7) is 7.51. The number of thiophene rings is 1. The van der Waals surface area contributed by atoms with Gasteiger partial charge in [-0.1, -0.05) is 0 Å². The minimum absolute atomic E-state index is 0.268. The third-order valence-electron chi connectivity index (χ3n) is 3.70. The van der Waals surface area contributed by atoms with E-state index in [4.69, 9.17) is 4.74 Å². The van der Waals surface area contributed by atoms with E-state index in [0.29, 0.717) is 27.7 Å². The summed E-state index contributed by atoms with van der Waals surface area (Å²) in [4.78, 5) is 34.2. The maximum absolute atomic E-state index is 12.8. The van der Waals surface area contributed by atoms with Crippen molar-refractivity contribution in [1.82, 2.24) is 19.6 Å². The standard InChI is InChI=1S/C16H17N5O3S/c1-5-24-15(23)12-9(3)10(4)25-14(12)20-13(22)11-6-8(2)19-16-17-7-18-21(11)16/h6-7H,5H2,1-4H3,(H,20,22). The summed E-state index contributed by atoms with van der Waals surface area (Å²) in [5, 5.41) is 7.28. The normalized spacial score (nSPS) is 10.9. The van der Waals surface area contributed by atoms with E-state index in [0.717, 1.165) is 10.4 Å². The highest BCUT2D eigenvalue weighted by atomic mass is 32.1. The van der Waals surface area contributed by atoms with Crippen LogP contribution in [0, 0.1) is 20.8 Å². The first-order valence-corrected chi connectivity index (χ1v) is 8.49. The molecule has 0 bridgehead atoms.